The number of carbonyl (C=O) groups excluding carboxylic acids is 1. The van der Waals surface area contributed by atoms with E-state index in [0.717, 1.165) is 15.6 Å². The summed E-state index contributed by atoms with van der Waals surface area (Å²) in [5, 5.41) is 2.92. The Morgan fingerprint density at radius 2 is 2.00 bits per heavy atom. The van der Waals surface area contributed by atoms with Crippen LogP contribution in [0.1, 0.15) is 11.1 Å². The molecule has 0 fully saturated rings. The number of halogens is 1. The predicted octanol–water partition coefficient (Wildman–Crippen LogP) is 3.90. The molecule has 0 aliphatic heterocycles. The van der Waals surface area contributed by atoms with Gasteiger partial charge in [0, 0.05) is 22.8 Å². The van der Waals surface area contributed by atoms with E-state index in [1.54, 1.807) is 7.11 Å². The van der Waals surface area contributed by atoms with E-state index in [9.17, 15) is 4.79 Å². The van der Waals surface area contributed by atoms with Crippen molar-refractivity contribution in [2.75, 3.05) is 26.5 Å². The van der Waals surface area contributed by atoms with Crippen LogP contribution in [-0.4, -0.2) is 38.1 Å². The SMILES string of the molecule is C#CCOc1ccc(CCNC(=O)C(=NSC)c2ccc(Br)cc2)cc1OC. The van der Waals surface area contributed by atoms with Gasteiger partial charge in [-0.3, -0.25) is 4.79 Å². The Kier molecular flexibility index (Phi) is 8.92. The van der Waals surface area contributed by atoms with Gasteiger partial charge >= 0.3 is 0 Å². The van der Waals surface area contributed by atoms with Crippen LogP contribution in [0.25, 0.3) is 0 Å². The molecule has 7 heteroatoms. The van der Waals surface area contributed by atoms with Crippen molar-refractivity contribution < 1.29 is 14.3 Å². The lowest BCUT2D eigenvalue weighted by Gasteiger charge is -2.11. The third-order valence-electron chi connectivity index (χ3n) is 3.75. The molecule has 146 valence electrons. The normalized spacial score (nSPS) is 10.9. The maximum absolute atomic E-state index is 12.6. The number of amides is 1. The molecule has 0 radical (unpaired) electrons. The summed E-state index contributed by atoms with van der Waals surface area (Å²) in [5.41, 5.74) is 2.18. The van der Waals surface area contributed by atoms with Crippen molar-refractivity contribution in [3.8, 4) is 23.8 Å². The summed E-state index contributed by atoms with van der Waals surface area (Å²) in [6, 6.07) is 13.1. The van der Waals surface area contributed by atoms with Crippen molar-refractivity contribution in [2.24, 2.45) is 4.40 Å². The number of hydrogen-bond donors (Lipinski definition) is 1. The van der Waals surface area contributed by atoms with Crippen LogP contribution in [-0.2, 0) is 11.2 Å². The fraction of sp³-hybridized carbons (Fsp3) is 0.238. The highest BCUT2D eigenvalue weighted by Gasteiger charge is 2.14. The number of methoxy groups -OCH3 is 1. The van der Waals surface area contributed by atoms with Crippen molar-refractivity contribution in [3.05, 3.63) is 58.1 Å². The number of terminal acetylenes is 1. The van der Waals surface area contributed by atoms with E-state index in [2.05, 4.69) is 31.6 Å². The minimum Gasteiger partial charge on any atom is -0.493 e. The van der Waals surface area contributed by atoms with E-state index in [4.69, 9.17) is 15.9 Å². The molecule has 1 N–H and O–H groups in total. The van der Waals surface area contributed by atoms with E-state index in [-0.39, 0.29) is 12.5 Å². The smallest absolute Gasteiger partial charge is 0.271 e. The molecule has 0 saturated heterocycles. The Bertz CT molecular complexity index is 876. The van der Waals surface area contributed by atoms with Crippen molar-refractivity contribution in [1.29, 1.82) is 0 Å². The van der Waals surface area contributed by atoms with Crippen LogP contribution in [0.3, 0.4) is 0 Å². The van der Waals surface area contributed by atoms with E-state index in [0.29, 0.717) is 30.2 Å². The minimum absolute atomic E-state index is 0.180. The number of carbonyl (C=O) groups is 1. The molecule has 0 saturated carbocycles. The van der Waals surface area contributed by atoms with Crippen molar-refractivity contribution in [2.45, 2.75) is 6.42 Å². The van der Waals surface area contributed by atoms with E-state index in [1.807, 2.05) is 48.7 Å². The summed E-state index contributed by atoms with van der Waals surface area (Å²) >= 11 is 4.65. The molecule has 0 aromatic heterocycles. The Morgan fingerprint density at radius 1 is 1.25 bits per heavy atom. The van der Waals surface area contributed by atoms with Crippen molar-refractivity contribution in [3.63, 3.8) is 0 Å². The molecule has 0 bridgehead atoms. The first-order chi connectivity index (χ1) is 13.6. The van der Waals surface area contributed by atoms with Gasteiger partial charge in [0.25, 0.3) is 5.91 Å². The second-order valence-corrected chi connectivity index (χ2v) is 7.08. The molecule has 5 nitrogen and oxygen atoms in total. The number of rotatable bonds is 9. The Balaban J connectivity index is 1.99. The monoisotopic (exact) mass is 460 g/mol. The topological polar surface area (TPSA) is 59.9 Å². The first kappa shape index (κ1) is 21.9. The molecular formula is C21H21BrN2O3S. The molecule has 0 spiro atoms. The highest BCUT2D eigenvalue weighted by atomic mass is 79.9. The molecule has 28 heavy (non-hydrogen) atoms. The first-order valence-electron chi connectivity index (χ1n) is 8.47. The van der Waals surface area contributed by atoms with Crippen LogP contribution < -0.4 is 14.8 Å². The van der Waals surface area contributed by atoms with Gasteiger partial charge in [-0.25, -0.2) is 4.40 Å². The number of hydrogen-bond acceptors (Lipinski definition) is 5. The average molecular weight is 461 g/mol. The van der Waals surface area contributed by atoms with Gasteiger partial charge in [-0.15, -0.1) is 6.42 Å². The largest absolute Gasteiger partial charge is 0.493 e. The van der Waals surface area contributed by atoms with Gasteiger partial charge in [0.15, 0.2) is 11.5 Å². The number of nitrogens with one attached hydrogen (secondary N) is 1. The second-order valence-electron chi connectivity index (χ2n) is 5.61. The molecular weight excluding hydrogens is 440 g/mol. The molecule has 2 aromatic rings. The number of nitrogens with zero attached hydrogens (tertiary/aromatic N) is 1. The van der Waals surface area contributed by atoms with Gasteiger partial charge in [0.1, 0.15) is 12.3 Å². The first-order valence-corrected chi connectivity index (χ1v) is 10.4. The summed E-state index contributed by atoms with van der Waals surface area (Å²) in [6.45, 7) is 0.649. The lowest BCUT2D eigenvalue weighted by atomic mass is 10.1. The predicted molar refractivity (Wildman–Crippen MR) is 118 cm³/mol. The minimum atomic E-state index is -0.211. The van der Waals surface area contributed by atoms with Gasteiger partial charge in [-0.05, 0) is 48.2 Å². The summed E-state index contributed by atoms with van der Waals surface area (Å²) in [4.78, 5) is 12.6. The zero-order chi connectivity index (χ0) is 20.4. The Labute approximate surface area is 178 Å². The third kappa shape index (κ3) is 6.32. The molecule has 0 aliphatic rings. The van der Waals surface area contributed by atoms with Gasteiger partial charge in [0.2, 0.25) is 0 Å². The van der Waals surface area contributed by atoms with Crippen molar-refractivity contribution >= 4 is 39.5 Å². The summed E-state index contributed by atoms with van der Waals surface area (Å²) in [6.07, 6.45) is 7.68. The van der Waals surface area contributed by atoms with Gasteiger partial charge in [-0.1, -0.05) is 40.0 Å². The maximum atomic E-state index is 12.6. The van der Waals surface area contributed by atoms with Gasteiger partial charge < -0.3 is 14.8 Å². The van der Waals surface area contributed by atoms with Crippen LogP contribution in [0.5, 0.6) is 11.5 Å². The number of ether oxygens (including phenoxy) is 2. The standard InChI is InChI=1S/C21H21BrN2O3S/c1-4-13-27-18-10-5-15(14-19(18)26-2)11-12-23-21(25)20(24-28-3)16-6-8-17(22)9-7-16/h1,5-10,14H,11-13H2,2-3H3,(H,23,25). The Morgan fingerprint density at radius 3 is 2.64 bits per heavy atom. The van der Waals surface area contributed by atoms with Crippen LogP contribution in [0.2, 0.25) is 0 Å². The molecule has 0 atom stereocenters. The zero-order valence-electron chi connectivity index (χ0n) is 15.7. The molecule has 2 rings (SSSR count). The molecule has 0 heterocycles. The zero-order valence-corrected chi connectivity index (χ0v) is 18.1. The maximum Gasteiger partial charge on any atom is 0.271 e. The van der Waals surface area contributed by atoms with E-state index >= 15 is 0 Å². The highest BCUT2D eigenvalue weighted by molar-refractivity contribution is 9.10. The molecule has 0 unspecified atom stereocenters. The second kappa shape index (κ2) is 11.4. The van der Waals surface area contributed by atoms with Crippen molar-refractivity contribution in [1.82, 2.24) is 5.32 Å². The van der Waals surface area contributed by atoms with Crippen LogP contribution >= 0.6 is 27.9 Å². The fourth-order valence-corrected chi connectivity index (χ4v) is 3.07. The van der Waals surface area contributed by atoms with Gasteiger partial charge in [0.05, 0.1) is 7.11 Å². The summed E-state index contributed by atoms with van der Waals surface area (Å²) < 4.78 is 16.0. The molecule has 2 aromatic carbocycles. The van der Waals surface area contributed by atoms with Gasteiger partial charge in [-0.2, -0.15) is 0 Å². The number of benzene rings is 2. The average Bonchev–Trinajstić information content (AvgIpc) is 2.71. The fourth-order valence-electron chi connectivity index (χ4n) is 2.43. The van der Waals surface area contributed by atoms with Crippen LogP contribution in [0.15, 0.2) is 51.3 Å². The summed E-state index contributed by atoms with van der Waals surface area (Å²) in [5.74, 6) is 3.42. The quantitative estimate of drug-likeness (QED) is 0.350. The third-order valence-corrected chi connectivity index (χ3v) is 4.65. The Hall–Kier alpha value is -2.43. The van der Waals surface area contributed by atoms with E-state index < -0.39 is 0 Å². The lowest BCUT2D eigenvalue weighted by Crippen LogP contribution is -2.33. The lowest BCUT2D eigenvalue weighted by molar-refractivity contribution is -0.114. The highest BCUT2D eigenvalue weighted by Crippen LogP contribution is 2.28. The molecule has 1 amide bonds. The van der Waals surface area contributed by atoms with E-state index in [1.165, 1.54) is 11.9 Å². The molecule has 0 aliphatic carbocycles. The summed E-state index contributed by atoms with van der Waals surface area (Å²) in [7, 11) is 1.58. The van der Waals surface area contributed by atoms with Crippen LogP contribution in [0, 0.1) is 12.3 Å². The van der Waals surface area contributed by atoms with Crippen LogP contribution in [0.4, 0.5) is 0 Å².